The predicted molar refractivity (Wildman–Crippen MR) is 99.7 cm³/mol. The number of fused-ring (bicyclic) bond motifs is 1. The third-order valence-corrected chi connectivity index (χ3v) is 4.90. The Morgan fingerprint density at radius 3 is 2.72 bits per heavy atom. The molecule has 0 saturated heterocycles. The van der Waals surface area contributed by atoms with Gasteiger partial charge in [-0.05, 0) is 43.2 Å². The van der Waals surface area contributed by atoms with Gasteiger partial charge in [-0.2, -0.15) is 0 Å². The number of halogens is 2. The maximum absolute atomic E-state index is 13.9. The van der Waals surface area contributed by atoms with E-state index in [1.165, 1.54) is 13.2 Å². The van der Waals surface area contributed by atoms with Crippen molar-refractivity contribution in [3.63, 3.8) is 0 Å². The van der Waals surface area contributed by atoms with E-state index in [-0.39, 0.29) is 17.6 Å². The van der Waals surface area contributed by atoms with E-state index < -0.39 is 0 Å². The van der Waals surface area contributed by atoms with Crippen molar-refractivity contribution in [3.05, 3.63) is 70.1 Å². The minimum absolute atomic E-state index is 0.0509. The Balaban J connectivity index is 1.80. The highest BCUT2D eigenvalue weighted by Gasteiger charge is 2.13. The zero-order valence-electron chi connectivity index (χ0n) is 14.4. The Labute approximate surface area is 151 Å². The van der Waals surface area contributed by atoms with Crippen LogP contribution in [0.2, 0.25) is 5.02 Å². The van der Waals surface area contributed by atoms with Crippen LogP contribution in [0.1, 0.15) is 29.8 Å². The summed E-state index contributed by atoms with van der Waals surface area (Å²) in [5, 5.41) is 5.08. The molecule has 25 heavy (non-hydrogen) atoms. The van der Waals surface area contributed by atoms with Crippen LogP contribution < -0.4 is 10.1 Å². The third kappa shape index (κ3) is 3.60. The van der Waals surface area contributed by atoms with E-state index in [4.69, 9.17) is 16.3 Å². The second-order valence-corrected chi connectivity index (χ2v) is 6.39. The number of hydrogen-bond donors (Lipinski definition) is 1. The minimum Gasteiger partial charge on any atom is -0.494 e. The number of benzene rings is 2. The van der Waals surface area contributed by atoms with E-state index >= 15 is 0 Å². The van der Waals surface area contributed by atoms with Gasteiger partial charge in [0.2, 0.25) is 0 Å². The van der Waals surface area contributed by atoms with Crippen LogP contribution in [0.3, 0.4) is 0 Å². The Hall–Kier alpha value is -2.17. The lowest BCUT2D eigenvalue weighted by Crippen LogP contribution is -2.19. The van der Waals surface area contributed by atoms with Crippen molar-refractivity contribution in [1.82, 2.24) is 10.3 Å². The quantitative estimate of drug-likeness (QED) is 0.681. The monoisotopic (exact) mass is 358 g/mol. The molecule has 0 amide bonds. The van der Waals surface area contributed by atoms with E-state index in [0.29, 0.717) is 11.6 Å². The molecule has 1 aromatic heterocycles. The highest BCUT2D eigenvalue weighted by atomic mass is 35.5. The molecule has 0 saturated carbocycles. The molecule has 0 bridgehead atoms. The molecular formula is C20H20ClFN2O. The summed E-state index contributed by atoms with van der Waals surface area (Å²) < 4.78 is 18.8. The van der Waals surface area contributed by atoms with E-state index in [9.17, 15) is 4.39 Å². The molecule has 130 valence electrons. The fourth-order valence-electron chi connectivity index (χ4n) is 2.85. The van der Waals surface area contributed by atoms with Gasteiger partial charge in [0, 0.05) is 18.0 Å². The number of nitrogens with zero attached hydrogens (tertiary/aromatic N) is 1. The van der Waals surface area contributed by atoms with Gasteiger partial charge < -0.3 is 10.1 Å². The van der Waals surface area contributed by atoms with Crippen molar-refractivity contribution in [3.8, 4) is 5.75 Å². The number of pyridine rings is 1. The van der Waals surface area contributed by atoms with E-state index in [2.05, 4.69) is 10.3 Å². The topological polar surface area (TPSA) is 34.1 Å². The second-order valence-electron chi connectivity index (χ2n) is 6.01. The van der Waals surface area contributed by atoms with Crippen LogP contribution in [-0.4, -0.2) is 12.1 Å². The van der Waals surface area contributed by atoms with Crippen LogP contribution in [-0.2, 0) is 6.54 Å². The number of ether oxygens (including phenoxy) is 1. The summed E-state index contributed by atoms with van der Waals surface area (Å²) in [7, 11) is 1.45. The molecular weight excluding hydrogens is 339 g/mol. The van der Waals surface area contributed by atoms with E-state index in [1.807, 2.05) is 44.2 Å². The van der Waals surface area contributed by atoms with Crippen LogP contribution in [0.5, 0.6) is 5.75 Å². The number of rotatable bonds is 5. The lowest BCUT2D eigenvalue weighted by molar-refractivity contribution is 0.385. The largest absolute Gasteiger partial charge is 0.494 e. The van der Waals surface area contributed by atoms with Gasteiger partial charge in [0.15, 0.2) is 11.6 Å². The summed E-state index contributed by atoms with van der Waals surface area (Å²) in [4.78, 5) is 4.66. The molecule has 0 aliphatic rings. The zero-order chi connectivity index (χ0) is 18.0. The second kappa shape index (κ2) is 7.38. The Bertz CT molecular complexity index is 914. The van der Waals surface area contributed by atoms with Crippen LogP contribution in [0.25, 0.3) is 10.9 Å². The zero-order valence-corrected chi connectivity index (χ0v) is 15.2. The molecule has 0 radical (unpaired) electrons. The van der Waals surface area contributed by atoms with Crippen molar-refractivity contribution in [2.75, 3.05) is 7.11 Å². The van der Waals surface area contributed by atoms with Crippen LogP contribution in [0.4, 0.5) is 4.39 Å². The average molecular weight is 359 g/mol. The van der Waals surface area contributed by atoms with Crippen molar-refractivity contribution in [2.45, 2.75) is 26.4 Å². The first kappa shape index (κ1) is 17.6. The van der Waals surface area contributed by atoms with Crippen molar-refractivity contribution >= 4 is 22.5 Å². The molecule has 3 aromatic rings. The van der Waals surface area contributed by atoms with Gasteiger partial charge in [-0.3, -0.25) is 0 Å². The first-order chi connectivity index (χ1) is 12.0. The molecule has 1 unspecified atom stereocenters. The predicted octanol–water partition coefficient (Wildman–Crippen LogP) is 5.20. The summed E-state index contributed by atoms with van der Waals surface area (Å²) in [5.41, 5.74) is 3.57. The number of para-hydroxylation sites is 1. The van der Waals surface area contributed by atoms with Gasteiger partial charge >= 0.3 is 0 Å². The van der Waals surface area contributed by atoms with Gasteiger partial charge in [0.05, 0.1) is 23.3 Å². The molecule has 1 atom stereocenters. The molecule has 0 spiro atoms. The van der Waals surface area contributed by atoms with Crippen molar-refractivity contribution < 1.29 is 9.13 Å². The molecule has 0 fully saturated rings. The molecule has 3 rings (SSSR count). The van der Waals surface area contributed by atoms with Crippen molar-refractivity contribution in [1.29, 1.82) is 0 Å². The summed E-state index contributed by atoms with van der Waals surface area (Å²) in [6.07, 6.45) is 0. The highest BCUT2D eigenvalue weighted by Crippen LogP contribution is 2.27. The van der Waals surface area contributed by atoms with Gasteiger partial charge in [-0.1, -0.05) is 35.9 Å². The average Bonchev–Trinajstić information content (AvgIpc) is 2.63. The maximum Gasteiger partial charge on any atom is 0.165 e. The number of hydrogen-bond acceptors (Lipinski definition) is 3. The lowest BCUT2D eigenvalue weighted by atomic mass is 10.1. The number of aryl methyl sites for hydroxylation is 1. The smallest absolute Gasteiger partial charge is 0.165 e. The standard InChI is InChI=1S/C20H20ClFN2O/c1-12-15-6-4-5-7-17(15)24-18(20(12)21)11-23-13(2)14-8-9-19(25-3)16(22)10-14/h4-10,13,23H,11H2,1-3H3. The van der Waals surface area contributed by atoms with Gasteiger partial charge in [0.25, 0.3) is 0 Å². The van der Waals surface area contributed by atoms with Gasteiger partial charge in [-0.25, -0.2) is 9.37 Å². The molecule has 1 heterocycles. The Morgan fingerprint density at radius 1 is 1.24 bits per heavy atom. The fraction of sp³-hybridized carbons (Fsp3) is 0.250. The maximum atomic E-state index is 13.9. The number of nitrogens with one attached hydrogen (secondary N) is 1. The summed E-state index contributed by atoms with van der Waals surface area (Å²) in [6, 6.07) is 12.8. The summed E-state index contributed by atoms with van der Waals surface area (Å²) in [5.74, 6) is -0.128. The van der Waals surface area contributed by atoms with Crippen LogP contribution in [0, 0.1) is 12.7 Å². The molecule has 3 nitrogen and oxygen atoms in total. The van der Waals surface area contributed by atoms with Crippen molar-refractivity contribution in [2.24, 2.45) is 0 Å². The Morgan fingerprint density at radius 2 is 2.00 bits per heavy atom. The number of aromatic nitrogens is 1. The van der Waals surface area contributed by atoms with Crippen LogP contribution in [0.15, 0.2) is 42.5 Å². The number of methoxy groups -OCH3 is 1. The highest BCUT2D eigenvalue weighted by molar-refractivity contribution is 6.32. The lowest BCUT2D eigenvalue weighted by Gasteiger charge is -2.16. The van der Waals surface area contributed by atoms with Gasteiger partial charge in [0.1, 0.15) is 0 Å². The SMILES string of the molecule is COc1ccc(C(C)NCc2nc3ccccc3c(C)c2Cl)cc1F. The molecule has 5 heteroatoms. The van der Waals surface area contributed by atoms with E-state index in [0.717, 1.165) is 27.7 Å². The summed E-state index contributed by atoms with van der Waals surface area (Å²) in [6.45, 7) is 4.47. The van der Waals surface area contributed by atoms with E-state index in [1.54, 1.807) is 6.07 Å². The van der Waals surface area contributed by atoms with Gasteiger partial charge in [-0.15, -0.1) is 0 Å². The van der Waals surface area contributed by atoms with Crippen LogP contribution >= 0.6 is 11.6 Å². The molecule has 1 N–H and O–H groups in total. The first-order valence-electron chi connectivity index (χ1n) is 8.11. The minimum atomic E-state index is -0.369. The molecule has 0 aliphatic heterocycles. The normalized spacial score (nSPS) is 12.4. The molecule has 2 aromatic carbocycles. The summed E-state index contributed by atoms with van der Waals surface area (Å²) >= 11 is 6.49. The fourth-order valence-corrected chi connectivity index (χ4v) is 3.06. The third-order valence-electron chi connectivity index (χ3n) is 4.40. The first-order valence-corrected chi connectivity index (χ1v) is 8.49. The molecule has 0 aliphatic carbocycles. The Kier molecular flexibility index (Phi) is 5.21.